The van der Waals surface area contributed by atoms with Crippen molar-refractivity contribution < 1.29 is 0 Å². The molecule has 1 nitrogen and oxygen atoms in total. The standard InChI is InChI=1S/C36H30B7N/c1-33(2)23-8-6-5-7-21(23)22-17-19(9-11-24(22)33)44(32-30(39)28(37)27(36(41,42)43)29(38)31(32)40)20-10-12-25-26(18-20)35(4)15-13-34(25,3)14-16-35/h5-12,17-18H,13-16H2,1-4H3. The molecule has 14 radical (unpaired) electrons. The van der Waals surface area contributed by atoms with Crippen LogP contribution in [-0.4, -0.2) is 54.9 Å². The van der Waals surface area contributed by atoms with E-state index in [0.29, 0.717) is 5.69 Å². The van der Waals surface area contributed by atoms with Gasteiger partial charge in [-0.3, -0.25) is 0 Å². The molecule has 0 spiro atoms. The van der Waals surface area contributed by atoms with Crippen LogP contribution in [-0.2, 0) is 21.4 Å². The molecular weight excluding hydrogens is 522 g/mol. The van der Waals surface area contributed by atoms with Crippen LogP contribution < -0.4 is 26.8 Å². The van der Waals surface area contributed by atoms with Gasteiger partial charge in [0.2, 0.25) is 0 Å². The molecule has 0 atom stereocenters. The van der Waals surface area contributed by atoms with E-state index >= 15 is 0 Å². The van der Waals surface area contributed by atoms with Crippen LogP contribution in [0.15, 0.2) is 60.7 Å². The lowest BCUT2D eigenvalue weighted by atomic mass is 9.37. The molecule has 1 saturated carbocycles. The highest BCUT2D eigenvalue weighted by atomic mass is 15.1. The van der Waals surface area contributed by atoms with Crippen LogP contribution in [0.2, 0.25) is 0 Å². The first-order chi connectivity index (χ1) is 20.6. The zero-order valence-corrected chi connectivity index (χ0v) is 26.1. The molecule has 4 aromatic rings. The minimum atomic E-state index is -1.82. The molecule has 4 aromatic carbocycles. The molecule has 0 amide bonds. The van der Waals surface area contributed by atoms with E-state index in [9.17, 15) is 0 Å². The predicted octanol–water partition coefficient (Wildman–Crippen LogP) is 3.36. The summed E-state index contributed by atoms with van der Waals surface area (Å²) in [5, 5.41) is -1.82. The van der Waals surface area contributed by atoms with Gasteiger partial charge < -0.3 is 4.90 Å². The number of rotatable bonds is 4. The average molecular weight is 552 g/mol. The first-order valence-electron chi connectivity index (χ1n) is 15.4. The van der Waals surface area contributed by atoms with Crippen LogP contribution in [0.5, 0.6) is 0 Å². The van der Waals surface area contributed by atoms with E-state index in [-0.39, 0.29) is 43.7 Å². The van der Waals surface area contributed by atoms with Crippen molar-refractivity contribution in [3.8, 4) is 11.1 Å². The number of nitrogens with zero attached hydrogens (tertiary/aromatic N) is 1. The molecule has 0 heterocycles. The lowest BCUT2D eigenvalue weighted by molar-refractivity contribution is 0.188. The Morgan fingerprint density at radius 2 is 1.07 bits per heavy atom. The monoisotopic (exact) mass is 553 g/mol. The van der Waals surface area contributed by atoms with E-state index in [1.54, 1.807) is 0 Å². The van der Waals surface area contributed by atoms with Crippen molar-refractivity contribution >= 4 is 93.8 Å². The van der Waals surface area contributed by atoms with Gasteiger partial charge in [-0.25, -0.2) is 0 Å². The zero-order chi connectivity index (χ0) is 31.6. The van der Waals surface area contributed by atoms with Crippen molar-refractivity contribution in [3.63, 3.8) is 0 Å². The summed E-state index contributed by atoms with van der Waals surface area (Å²) in [6.45, 7) is 9.33. The smallest absolute Gasteiger partial charge is 0.115 e. The van der Waals surface area contributed by atoms with Crippen molar-refractivity contribution in [2.75, 3.05) is 4.90 Å². The van der Waals surface area contributed by atoms with Crippen LogP contribution in [0.25, 0.3) is 11.1 Å². The van der Waals surface area contributed by atoms with Crippen molar-refractivity contribution in [1.29, 1.82) is 0 Å². The molecule has 0 saturated heterocycles. The van der Waals surface area contributed by atoms with Crippen LogP contribution >= 0.6 is 0 Å². The Morgan fingerprint density at radius 1 is 0.568 bits per heavy atom. The second-order valence-electron chi connectivity index (χ2n) is 14.4. The molecule has 8 heteroatoms. The van der Waals surface area contributed by atoms with E-state index in [1.165, 1.54) is 46.2 Å². The van der Waals surface area contributed by atoms with Crippen LogP contribution in [0, 0.1) is 0 Å². The summed E-state index contributed by atoms with van der Waals surface area (Å²) in [6, 6.07) is 21.9. The van der Waals surface area contributed by atoms with Crippen molar-refractivity contribution in [2.24, 2.45) is 0 Å². The maximum Gasteiger partial charge on any atom is 0.115 e. The first kappa shape index (κ1) is 29.8. The van der Waals surface area contributed by atoms with Gasteiger partial charge in [0.1, 0.15) is 31.4 Å². The maximum absolute atomic E-state index is 6.83. The Kier molecular flexibility index (Phi) is 6.49. The normalized spacial score (nSPS) is 22.7. The fourth-order valence-electron chi connectivity index (χ4n) is 8.37. The topological polar surface area (TPSA) is 3.24 Å². The highest BCUT2D eigenvalue weighted by molar-refractivity contribution is 6.66. The SMILES string of the molecule is [B]c1c([B])c(C([B])([B])[B])c([B])c([B])c1N(c1ccc2c(c1)-c1ccccc1C2(C)C)c1ccc2c(c1)C1(C)CCC2(C)CC1. The molecule has 2 bridgehead atoms. The fraction of sp³-hybridized carbons (Fsp3) is 0.333. The third-order valence-corrected chi connectivity index (χ3v) is 11.1. The first-order valence-corrected chi connectivity index (χ1v) is 15.4. The minimum Gasteiger partial charge on any atom is -0.312 e. The summed E-state index contributed by atoms with van der Waals surface area (Å²) >= 11 is 0. The lowest BCUT2D eigenvalue weighted by Crippen LogP contribution is -2.53. The Bertz CT molecular complexity index is 1830. The van der Waals surface area contributed by atoms with Crippen LogP contribution in [0.3, 0.4) is 0 Å². The lowest BCUT2D eigenvalue weighted by Gasteiger charge is -2.52. The Morgan fingerprint density at radius 3 is 1.66 bits per heavy atom. The minimum absolute atomic E-state index is 0.104. The molecule has 4 aliphatic rings. The fourth-order valence-corrected chi connectivity index (χ4v) is 8.37. The second-order valence-corrected chi connectivity index (χ2v) is 14.4. The molecule has 4 aliphatic carbocycles. The number of benzene rings is 4. The predicted molar refractivity (Wildman–Crippen MR) is 192 cm³/mol. The van der Waals surface area contributed by atoms with Gasteiger partial charge in [0.15, 0.2) is 0 Å². The van der Waals surface area contributed by atoms with Gasteiger partial charge in [0.25, 0.3) is 0 Å². The quantitative estimate of drug-likeness (QED) is 0.352. The van der Waals surface area contributed by atoms with Crippen molar-refractivity contribution in [2.45, 2.75) is 74.7 Å². The van der Waals surface area contributed by atoms with Gasteiger partial charge in [0, 0.05) is 22.5 Å². The second kappa shape index (κ2) is 9.57. The zero-order valence-electron chi connectivity index (χ0n) is 26.1. The van der Waals surface area contributed by atoms with Gasteiger partial charge in [-0.2, -0.15) is 0 Å². The van der Waals surface area contributed by atoms with Crippen LogP contribution in [0.4, 0.5) is 17.1 Å². The van der Waals surface area contributed by atoms with Gasteiger partial charge in [-0.05, 0) is 94.2 Å². The van der Waals surface area contributed by atoms with Crippen molar-refractivity contribution in [3.05, 3.63) is 88.5 Å². The maximum atomic E-state index is 6.83. The molecule has 200 valence electrons. The number of hydrogen-bond donors (Lipinski definition) is 0. The highest BCUT2D eigenvalue weighted by Gasteiger charge is 2.47. The van der Waals surface area contributed by atoms with Crippen molar-refractivity contribution in [1.82, 2.24) is 0 Å². The molecule has 0 aromatic heterocycles. The molecule has 0 aliphatic heterocycles. The molecule has 0 N–H and O–H groups in total. The van der Waals surface area contributed by atoms with E-state index in [2.05, 4.69) is 93.3 Å². The summed E-state index contributed by atoms with van der Waals surface area (Å²) in [6.07, 6.45) is 4.73. The Balaban J connectivity index is 1.51. The van der Waals surface area contributed by atoms with Gasteiger partial charge in [-0.15, -0.1) is 16.0 Å². The third kappa shape index (κ3) is 4.08. The average Bonchev–Trinajstić information content (AvgIpc) is 3.21. The number of hydrogen-bond acceptors (Lipinski definition) is 1. The summed E-state index contributed by atoms with van der Waals surface area (Å²) in [7, 11) is 45.1. The summed E-state index contributed by atoms with van der Waals surface area (Å²) in [5.41, 5.74) is 11.0. The molecule has 8 rings (SSSR count). The molecule has 1 fully saturated rings. The summed E-state index contributed by atoms with van der Waals surface area (Å²) in [5.74, 6) is 0. The van der Waals surface area contributed by atoms with E-state index < -0.39 is 5.11 Å². The summed E-state index contributed by atoms with van der Waals surface area (Å²) in [4.78, 5) is 2.08. The Hall–Kier alpha value is -2.87. The number of anilines is 3. The van der Waals surface area contributed by atoms with Gasteiger partial charge >= 0.3 is 0 Å². The van der Waals surface area contributed by atoms with E-state index in [4.69, 9.17) is 54.9 Å². The molecular formula is C36H30B7N. The van der Waals surface area contributed by atoms with Gasteiger partial charge in [-0.1, -0.05) is 80.6 Å². The third-order valence-electron chi connectivity index (χ3n) is 11.1. The Labute approximate surface area is 272 Å². The highest BCUT2D eigenvalue weighted by Crippen LogP contribution is 2.57. The summed E-state index contributed by atoms with van der Waals surface area (Å²) < 4.78 is 0. The van der Waals surface area contributed by atoms with E-state index in [1.807, 2.05) is 0 Å². The molecule has 44 heavy (non-hydrogen) atoms. The molecule has 0 unspecified atom stereocenters. The van der Waals surface area contributed by atoms with E-state index in [0.717, 1.165) is 24.2 Å². The largest absolute Gasteiger partial charge is 0.312 e. The van der Waals surface area contributed by atoms with Gasteiger partial charge in [0.05, 0.1) is 23.5 Å². The van der Waals surface area contributed by atoms with Crippen LogP contribution in [0.1, 0.15) is 81.2 Å². The number of fused-ring (bicyclic) bond motifs is 5.